The van der Waals surface area contributed by atoms with Crippen molar-refractivity contribution in [2.75, 3.05) is 5.32 Å². The predicted octanol–water partition coefficient (Wildman–Crippen LogP) is 2.62. The molecule has 4 aromatic rings. The first-order chi connectivity index (χ1) is 14.0. The van der Waals surface area contributed by atoms with Gasteiger partial charge in [0.05, 0.1) is 18.2 Å². The molecule has 0 atom stereocenters. The lowest BCUT2D eigenvalue weighted by Crippen LogP contribution is -2.23. The summed E-state index contributed by atoms with van der Waals surface area (Å²) in [7, 11) is 0. The minimum Gasteiger partial charge on any atom is -0.311 e. The van der Waals surface area contributed by atoms with E-state index in [1.165, 1.54) is 17.1 Å². The lowest BCUT2D eigenvalue weighted by Gasteiger charge is -2.07. The number of aryl methyl sites for hydroxylation is 3. The van der Waals surface area contributed by atoms with Crippen LogP contribution < -0.4 is 10.9 Å². The summed E-state index contributed by atoms with van der Waals surface area (Å²) in [5, 5.41) is 7.46. The van der Waals surface area contributed by atoms with Crippen molar-refractivity contribution in [3.05, 3.63) is 76.6 Å². The van der Waals surface area contributed by atoms with Crippen molar-refractivity contribution in [3.8, 4) is 5.69 Å². The second kappa shape index (κ2) is 7.67. The van der Waals surface area contributed by atoms with Crippen LogP contribution in [-0.4, -0.2) is 30.2 Å². The smallest absolute Gasteiger partial charge is 0.264 e. The first kappa shape index (κ1) is 18.5. The van der Waals surface area contributed by atoms with Crippen molar-refractivity contribution in [2.24, 2.45) is 0 Å². The molecule has 0 saturated carbocycles. The molecule has 8 heteroatoms. The summed E-state index contributed by atoms with van der Waals surface area (Å²) in [6.07, 6.45) is 3.10. The second-order valence-electron chi connectivity index (χ2n) is 6.83. The highest BCUT2D eigenvalue weighted by Crippen LogP contribution is 2.14. The third kappa shape index (κ3) is 3.91. The van der Waals surface area contributed by atoms with E-state index in [4.69, 9.17) is 0 Å². The van der Waals surface area contributed by atoms with Crippen LogP contribution in [0.1, 0.15) is 17.7 Å². The molecule has 0 aliphatic heterocycles. The van der Waals surface area contributed by atoms with Crippen LogP contribution in [0.2, 0.25) is 0 Å². The van der Waals surface area contributed by atoms with Gasteiger partial charge in [0, 0.05) is 18.7 Å². The quantitative estimate of drug-likeness (QED) is 0.567. The van der Waals surface area contributed by atoms with Crippen LogP contribution in [-0.2, 0) is 11.3 Å². The van der Waals surface area contributed by atoms with Crippen LogP contribution in [0.5, 0.6) is 0 Å². The van der Waals surface area contributed by atoms with Crippen molar-refractivity contribution in [1.29, 1.82) is 0 Å². The van der Waals surface area contributed by atoms with Gasteiger partial charge in [0.25, 0.3) is 5.56 Å². The lowest BCUT2D eigenvalue weighted by atomic mass is 10.2. The molecule has 29 heavy (non-hydrogen) atoms. The van der Waals surface area contributed by atoms with Gasteiger partial charge in [-0.1, -0.05) is 23.8 Å². The molecule has 1 amide bonds. The van der Waals surface area contributed by atoms with E-state index < -0.39 is 0 Å². The second-order valence-corrected chi connectivity index (χ2v) is 6.83. The number of nitrogens with zero attached hydrogens (tertiary/aromatic N) is 5. The third-order valence-corrected chi connectivity index (χ3v) is 4.57. The van der Waals surface area contributed by atoms with E-state index in [0.29, 0.717) is 16.9 Å². The zero-order valence-electron chi connectivity index (χ0n) is 16.2. The zero-order chi connectivity index (χ0) is 20.4. The van der Waals surface area contributed by atoms with Gasteiger partial charge in [-0.3, -0.25) is 14.2 Å². The number of hydrogen-bond acceptors (Lipinski definition) is 5. The van der Waals surface area contributed by atoms with Crippen molar-refractivity contribution >= 4 is 22.8 Å². The minimum absolute atomic E-state index is 0.134. The number of aromatic nitrogens is 5. The molecule has 0 radical (unpaired) electrons. The Bertz CT molecular complexity index is 1240. The summed E-state index contributed by atoms with van der Waals surface area (Å²) in [5.74, 6) is 0.278. The number of fused-ring (bicyclic) bond motifs is 1. The molecule has 0 aliphatic rings. The number of amides is 1. The van der Waals surface area contributed by atoms with Crippen LogP contribution >= 0.6 is 0 Å². The van der Waals surface area contributed by atoms with Crippen molar-refractivity contribution in [2.45, 2.75) is 26.8 Å². The number of hydrogen-bond donors (Lipinski definition) is 1. The average Bonchev–Trinajstić information content (AvgIpc) is 3.13. The van der Waals surface area contributed by atoms with Gasteiger partial charge >= 0.3 is 0 Å². The highest BCUT2D eigenvalue weighted by molar-refractivity contribution is 5.89. The maximum atomic E-state index is 12.8. The molecule has 3 aromatic heterocycles. The Morgan fingerprint density at radius 2 is 1.90 bits per heavy atom. The van der Waals surface area contributed by atoms with Gasteiger partial charge in [-0.2, -0.15) is 5.10 Å². The molecule has 0 fully saturated rings. The molecule has 3 heterocycles. The fourth-order valence-electron chi connectivity index (χ4n) is 3.02. The standard InChI is InChI=1S/C21H20N6O2/c1-14-6-8-16(9-7-14)27-20-17(12-23-27)21(29)26(13-22-20)11-10-19(28)25-18-5-3-4-15(2)24-18/h3-9,12-13H,10-11H2,1-2H3,(H,24,25,28). The Kier molecular flexibility index (Phi) is 4.90. The van der Waals surface area contributed by atoms with Crippen LogP contribution in [0, 0.1) is 13.8 Å². The molecule has 1 N–H and O–H groups in total. The van der Waals surface area contributed by atoms with Crippen LogP contribution in [0.4, 0.5) is 5.82 Å². The molecule has 0 aliphatic carbocycles. The van der Waals surface area contributed by atoms with Gasteiger partial charge in [-0.05, 0) is 38.1 Å². The van der Waals surface area contributed by atoms with E-state index >= 15 is 0 Å². The van der Waals surface area contributed by atoms with E-state index in [-0.39, 0.29) is 24.4 Å². The summed E-state index contributed by atoms with van der Waals surface area (Å²) in [6, 6.07) is 13.2. The molecule has 0 unspecified atom stereocenters. The largest absolute Gasteiger partial charge is 0.311 e. The lowest BCUT2D eigenvalue weighted by molar-refractivity contribution is -0.116. The Balaban J connectivity index is 1.51. The summed E-state index contributed by atoms with van der Waals surface area (Å²) >= 11 is 0. The first-order valence-electron chi connectivity index (χ1n) is 9.25. The van der Waals surface area contributed by atoms with Crippen molar-refractivity contribution in [3.63, 3.8) is 0 Å². The molecular formula is C21H20N6O2. The van der Waals surface area contributed by atoms with Gasteiger partial charge in [-0.15, -0.1) is 0 Å². The number of nitrogens with one attached hydrogen (secondary N) is 1. The highest BCUT2D eigenvalue weighted by Gasteiger charge is 2.12. The number of rotatable bonds is 5. The van der Waals surface area contributed by atoms with Gasteiger partial charge in [0.1, 0.15) is 11.2 Å². The van der Waals surface area contributed by atoms with Gasteiger partial charge in [0.15, 0.2) is 5.65 Å². The Hall–Kier alpha value is -3.81. The van der Waals surface area contributed by atoms with E-state index in [0.717, 1.165) is 16.9 Å². The maximum Gasteiger partial charge on any atom is 0.264 e. The van der Waals surface area contributed by atoms with Crippen LogP contribution in [0.3, 0.4) is 0 Å². The van der Waals surface area contributed by atoms with Crippen molar-refractivity contribution in [1.82, 2.24) is 24.3 Å². The molecule has 0 spiro atoms. The summed E-state index contributed by atoms with van der Waals surface area (Å²) in [5.41, 5.74) is 3.05. The Morgan fingerprint density at radius 1 is 1.10 bits per heavy atom. The summed E-state index contributed by atoms with van der Waals surface area (Å²) in [4.78, 5) is 33.6. The predicted molar refractivity (Wildman–Crippen MR) is 110 cm³/mol. The minimum atomic E-state index is -0.227. The van der Waals surface area contributed by atoms with E-state index in [2.05, 4.69) is 20.4 Å². The molecule has 1 aromatic carbocycles. The third-order valence-electron chi connectivity index (χ3n) is 4.57. The van der Waals surface area contributed by atoms with E-state index in [1.807, 2.05) is 50.2 Å². The van der Waals surface area contributed by atoms with E-state index in [1.54, 1.807) is 10.7 Å². The molecule has 146 valence electrons. The van der Waals surface area contributed by atoms with E-state index in [9.17, 15) is 9.59 Å². The highest BCUT2D eigenvalue weighted by atomic mass is 16.2. The van der Waals surface area contributed by atoms with Gasteiger partial charge < -0.3 is 5.32 Å². The number of carbonyl (C=O) groups excluding carboxylic acids is 1. The fraction of sp³-hybridized carbons (Fsp3) is 0.190. The van der Waals surface area contributed by atoms with Crippen molar-refractivity contribution < 1.29 is 4.79 Å². The number of anilines is 1. The zero-order valence-corrected chi connectivity index (χ0v) is 16.2. The first-order valence-corrected chi connectivity index (χ1v) is 9.25. The normalized spacial score (nSPS) is 11.0. The number of carbonyl (C=O) groups is 1. The molecule has 8 nitrogen and oxygen atoms in total. The summed E-state index contributed by atoms with van der Waals surface area (Å²) in [6.45, 7) is 4.08. The topological polar surface area (TPSA) is 94.7 Å². The molecular weight excluding hydrogens is 368 g/mol. The SMILES string of the molecule is Cc1ccc(-n2ncc3c(=O)n(CCC(=O)Nc4cccc(C)n4)cnc32)cc1. The van der Waals surface area contributed by atoms with Crippen LogP contribution in [0.15, 0.2) is 59.8 Å². The Morgan fingerprint density at radius 3 is 2.66 bits per heavy atom. The summed E-state index contributed by atoms with van der Waals surface area (Å²) < 4.78 is 3.06. The van der Waals surface area contributed by atoms with Crippen LogP contribution in [0.25, 0.3) is 16.7 Å². The maximum absolute atomic E-state index is 12.8. The monoisotopic (exact) mass is 388 g/mol. The Labute approximate surface area is 166 Å². The molecule has 4 rings (SSSR count). The van der Waals surface area contributed by atoms with Gasteiger partial charge in [0.2, 0.25) is 5.91 Å². The molecule has 0 saturated heterocycles. The fourth-order valence-corrected chi connectivity index (χ4v) is 3.02. The number of benzene rings is 1. The van der Waals surface area contributed by atoms with Gasteiger partial charge in [-0.25, -0.2) is 14.6 Å². The molecule has 0 bridgehead atoms. The number of pyridine rings is 1. The average molecular weight is 388 g/mol.